The van der Waals surface area contributed by atoms with Crippen molar-refractivity contribution in [2.24, 2.45) is 0 Å². The maximum absolute atomic E-state index is 12.3. The first-order valence-electron chi connectivity index (χ1n) is 6.99. The Hall–Kier alpha value is -2.59. The van der Waals surface area contributed by atoms with E-state index in [-0.39, 0.29) is 17.6 Å². The van der Waals surface area contributed by atoms with Crippen LogP contribution in [0.25, 0.3) is 10.6 Å². The fourth-order valence-corrected chi connectivity index (χ4v) is 3.66. The molecule has 8 nitrogen and oxygen atoms in total. The second-order valence-corrected chi connectivity index (χ2v) is 6.94. The zero-order valence-electron chi connectivity index (χ0n) is 12.8. The molecule has 0 spiro atoms. The van der Waals surface area contributed by atoms with E-state index in [9.17, 15) is 14.9 Å². The van der Waals surface area contributed by atoms with Crippen molar-refractivity contribution in [3.8, 4) is 10.6 Å². The van der Waals surface area contributed by atoms with Gasteiger partial charge in [-0.15, -0.1) is 22.7 Å². The topological polar surface area (TPSA) is 103 Å². The summed E-state index contributed by atoms with van der Waals surface area (Å²) in [6.45, 7) is 3.88. The minimum absolute atomic E-state index is 0.0365. The summed E-state index contributed by atoms with van der Waals surface area (Å²) < 4.78 is 1.63. The summed E-state index contributed by atoms with van der Waals surface area (Å²) in [4.78, 5) is 27.7. The first-order valence-corrected chi connectivity index (χ1v) is 8.75. The fraction of sp³-hybridized carbons (Fsp3) is 0.214. The summed E-state index contributed by atoms with van der Waals surface area (Å²) in [7, 11) is 0. The number of anilines is 1. The molecule has 0 saturated carbocycles. The number of nitro groups is 1. The van der Waals surface area contributed by atoms with Crippen molar-refractivity contribution in [3.05, 3.63) is 44.9 Å². The van der Waals surface area contributed by atoms with Crippen molar-refractivity contribution in [1.29, 1.82) is 0 Å². The van der Waals surface area contributed by atoms with Crippen LogP contribution < -0.4 is 5.32 Å². The molecule has 3 aromatic rings. The van der Waals surface area contributed by atoms with Gasteiger partial charge in [-0.25, -0.2) is 4.98 Å². The standard InChI is InChI=1S/C14H13N5O3S2/c1-8(2)18-11(3-4-15-18)13(20)17-14-16-10(7-24-14)12-5-9(6-23-12)19(21)22/h3-8H,1-2H3,(H,16,17,20). The summed E-state index contributed by atoms with van der Waals surface area (Å²) in [5.41, 5.74) is 1.09. The Morgan fingerprint density at radius 1 is 1.38 bits per heavy atom. The Morgan fingerprint density at radius 2 is 2.17 bits per heavy atom. The molecule has 0 aliphatic carbocycles. The number of aromatic nitrogens is 3. The lowest BCUT2D eigenvalue weighted by atomic mass is 10.3. The third kappa shape index (κ3) is 3.19. The second kappa shape index (κ2) is 6.49. The Labute approximate surface area is 144 Å². The molecule has 0 saturated heterocycles. The lowest BCUT2D eigenvalue weighted by Gasteiger charge is -2.09. The summed E-state index contributed by atoms with van der Waals surface area (Å²) in [5.74, 6) is -0.292. The highest BCUT2D eigenvalue weighted by Crippen LogP contribution is 2.32. The van der Waals surface area contributed by atoms with Crippen LogP contribution in [0.1, 0.15) is 30.4 Å². The fourth-order valence-electron chi connectivity index (χ4n) is 2.07. The Morgan fingerprint density at radius 3 is 2.83 bits per heavy atom. The number of carbonyl (C=O) groups excluding carboxylic acids is 1. The first-order chi connectivity index (χ1) is 11.5. The van der Waals surface area contributed by atoms with Crippen molar-refractivity contribution in [3.63, 3.8) is 0 Å². The third-order valence-corrected chi connectivity index (χ3v) is 4.86. The number of hydrogen-bond donors (Lipinski definition) is 1. The average molecular weight is 363 g/mol. The van der Waals surface area contributed by atoms with Crippen molar-refractivity contribution in [1.82, 2.24) is 14.8 Å². The molecule has 0 radical (unpaired) electrons. The molecule has 0 aliphatic heterocycles. The average Bonchev–Trinajstić information content (AvgIpc) is 3.26. The number of thiazole rings is 1. The van der Waals surface area contributed by atoms with Gasteiger partial charge in [-0.3, -0.25) is 24.9 Å². The van der Waals surface area contributed by atoms with Gasteiger partial charge in [0.15, 0.2) is 5.13 Å². The Balaban J connectivity index is 1.77. The predicted molar refractivity (Wildman–Crippen MR) is 92.6 cm³/mol. The number of nitrogens with one attached hydrogen (secondary N) is 1. The van der Waals surface area contributed by atoms with Crippen LogP contribution in [0.4, 0.5) is 10.8 Å². The number of hydrogen-bond acceptors (Lipinski definition) is 7. The van der Waals surface area contributed by atoms with Gasteiger partial charge >= 0.3 is 0 Å². The minimum atomic E-state index is -0.442. The summed E-state index contributed by atoms with van der Waals surface area (Å²) >= 11 is 2.51. The van der Waals surface area contributed by atoms with Crippen LogP contribution in [-0.4, -0.2) is 25.6 Å². The van der Waals surface area contributed by atoms with Crippen LogP contribution in [0.5, 0.6) is 0 Å². The number of carbonyl (C=O) groups is 1. The Kier molecular flexibility index (Phi) is 4.40. The van der Waals surface area contributed by atoms with Crippen LogP contribution in [0, 0.1) is 10.1 Å². The normalized spacial score (nSPS) is 11.0. The van der Waals surface area contributed by atoms with E-state index in [0.29, 0.717) is 21.4 Å². The SMILES string of the molecule is CC(C)n1nccc1C(=O)Nc1nc(-c2cc([N+](=O)[O-])cs2)cs1. The van der Waals surface area contributed by atoms with Gasteiger partial charge in [0.2, 0.25) is 0 Å². The van der Waals surface area contributed by atoms with Gasteiger partial charge in [0.25, 0.3) is 11.6 Å². The molecule has 1 amide bonds. The number of rotatable bonds is 5. The molecule has 3 aromatic heterocycles. The molecule has 10 heteroatoms. The number of amides is 1. The van der Waals surface area contributed by atoms with Gasteiger partial charge in [0.05, 0.1) is 20.9 Å². The van der Waals surface area contributed by atoms with E-state index in [1.54, 1.807) is 22.3 Å². The highest BCUT2D eigenvalue weighted by atomic mass is 32.1. The highest BCUT2D eigenvalue weighted by molar-refractivity contribution is 7.16. The van der Waals surface area contributed by atoms with E-state index in [1.807, 2.05) is 13.8 Å². The predicted octanol–water partition coefficient (Wildman–Crippen LogP) is 3.81. The summed E-state index contributed by atoms with van der Waals surface area (Å²) in [6.07, 6.45) is 1.58. The van der Waals surface area contributed by atoms with Crippen molar-refractivity contribution in [2.75, 3.05) is 5.32 Å². The van der Waals surface area contributed by atoms with Crippen molar-refractivity contribution >= 4 is 39.4 Å². The van der Waals surface area contributed by atoms with Crippen LogP contribution >= 0.6 is 22.7 Å². The van der Waals surface area contributed by atoms with Crippen molar-refractivity contribution < 1.29 is 9.72 Å². The van der Waals surface area contributed by atoms with E-state index < -0.39 is 4.92 Å². The van der Waals surface area contributed by atoms with E-state index in [1.165, 1.54) is 34.1 Å². The van der Waals surface area contributed by atoms with Gasteiger partial charge in [-0.2, -0.15) is 5.10 Å². The van der Waals surface area contributed by atoms with Crippen LogP contribution in [0.3, 0.4) is 0 Å². The molecule has 0 aliphatic rings. The quantitative estimate of drug-likeness (QED) is 0.548. The van der Waals surface area contributed by atoms with E-state index in [2.05, 4.69) is 15.4 Å². The maximum Gasteiger partial charge on any atom is 0.280 e. The highest BCUT2D eigenvalue weighted by Gasteiger charge is 2.17. The zero-order valence-corrected chi connectivity index (χ0v) is 14.4. The molecule has 0 atom stereocenters. The third-order valence-electron chi connectivity index (χ3n) is 3.17. The van der Waals surface area contributed by atoms with Gasteiger partial charge in [-0.05, 0) is 19.9 Å². The van der Waals surface area contributed by atoms with E-state index in [4.69, 9.17) is 0 Å². The van der Waals surface area contributed by atoms with Crippen LogP contribution in [0.2, 0.25) is 0 Å². The molecule has 0 bridgehead atoms. The molecule has 24 heavy (non-hydrogen) atoms. The molecule has 3 rings (SSSR count). The number of nitrogens with zero attached hydrogens (tertiary/aromatic N) is 4. The first kappa shape index (κ1) is 16.3. The number of thiophene rings is 1. The van der Waals surface area contributed by atoms with Gasteiger partial charge < -0.3 is 0 Å². The Bertz CT molecular complexity index is 896. The smallest absolute Gasteiger partial charge is 0.280 e. The largest absolute Gasteiger partial charge is 0.296 e. The minimum Gasteiger partial charge on any atom is -0.296 e. The molecule has 124 valence electrons. The van der Waals surface area contributed by atoms with Crippen LogP contribution in [-0.2, 0) is 0 Å². The zero-order chi connectivity index (χ0) is 17.3. The molecule has 0 fully saturated rings. The summed E-state index contributed by atoms with van der Waals surface area (Å²) in [5, 5.41) is 21.3. The lowest BCUT2D eigenvalue weighted by molar-refractivity contribution is -0.384. The molecule has 1 N–H and O–H groups in total. The molecule has 3 heterocycles. The maximum atomic E-state index is 12.3. The van der Waals surface area contributed by atoms with Crippen molar-refractivity contribution in [2.45, 2.75) is 19.9 Å². The monoisotopic (exact) mass is 363 g/mol. The summed E-state index contributed by atoms with van der Waals surface area (Å²) in [6, 6.07) is 3.19. The van der Waals surface area contributed by atoms with Gasteiger partial charge in [0, 0.05) is 23.7 Å². The van der Waals surface area contributed by atoms with E-state index in [0.717, 1.165) is 0 Å². The molecular weight excluding hydrogens is 350 g/mol. The lowest BCUT2D eigenvalue weighted by Crippen LogP contribution is -2.18. The van der Waals surface area contributed by atoms with Gasteiger partial charge in [0.1, 0.15) is 5.69 Å². The van der Waals surface area contributed by atoms with Crippen LogP contribution in [0.15, 0.2) is 29.1 Å². The molecular formula is C14H13N5O3S2. The molecule has 0 unspecified atom stereocenters. The van der Waals surface area contributed by atoms with E-state index >= 15 is 0 Å². The molecule has 0 aromatic carbocycles. The second-order valence-electron chi connectivity index (χ2n) is 5.17. The van der Waals surface area contributed by atoms with Gasteiger partial charge in [-0.1, -0.05) is 0 Å².